The van der Waals surface area contributed by atoms with Gasteiger partial charge in [-0.15, -0.1) is 23.5 Å². The zero-order valence-electron chi connectivity index (χ0n) is 14.8. The average Bonchev–Trinajstić information content (AvgIpc) is 2.63. The molecule has 0 bridgehead atoms. The molecule has 1 aliphatic rings. The number of carbonyl (C=O) groups is 1. The van der Waals surface area contributed by atoms with Gasteiger partial charge >= 0.3 is 5.97 Å². The summed E-state index contributed by atoms with van der Waals surface area (Å²) in [5.74, 6) is 1.78. The number of carbonyl (C=O) groups excluding carboxylic acids is 1. The van der Waals surface area contributed by atoms with Crippen molar-refractivity contribution in [3.05, 3.63) is 58.7 Å². The highest BCUT2D eigenvalue weighted by Crippen LogP contribution is 2.51. The Hall–Kier alpha value is -0.840. The highest BCUT2D eigenvalue weighted by atomic mass is 35.5. The number of thioether (sulfide) groups is 2. The van der Waals surface area contributed by atoms with Gasteiger partial charge in [-0.2, -0.15) is 0 Å². The van der Waals surface area contributed by atoms with E-state index in [1.165, 1.54) is 17.5 Å². The fourth-order valence-corrected chi connectivity index (χ4v) is 5.91. The summed E-state index contributed by atoms with van der Waals surface area (Å²) in [6, 6.07) is 8.92. The number of aryl methyl sites for hydroxylation is 1. The van der Waals surface area contributed by atoms with Gasteiger partial charge in [0, 0.05) is 0 Å². The summed E-state index contributed by atoms with van der Waals surface area (Å²) in [5, 5.41) is 0.109. The molecule has 0 aromatic heterocycles. The average molecular weight is 397 g/mol. The maximum absolute atomic E-state index is 11.6. The molecule has 1 aliphatic heterocycles. The van der Waals surface area contributed by atoms with Crippen LogP contribution in [-0.2, 0) is 20.0 Å². The zero-order valence-corrected chi connectivity index (χ0v) is 17.2. The van der Waals surface area contributed by atoms with Crippen LogP contribution in [0, 0.1) is 0 Å². The third-order valence-corrected chi connectivity index (χ3v) is 7.42. The fourth-order valence-electron chi connectivity index (χ4n) is 2.63. The fraction of sp³-hybridized carbons (Fsp3) is 0.450. The van der Waals surface area contributed by atoms with Crippen LogP contribution in [0.4, 0.5) is 0 Å². The van der Waals surface area contributed by atoms with Gasteiger partial charge in [0.25, 0.3) is 0 Å². The van der Waals surface area contributed by atoms with E-state index in [-0.39, 0.29) is 9.11 Å². The van der Waals surface area contributed by atoms with Crippen molar-refractivity contribution in [2.24, 2.45) is 0 Å². The number of hydrogen-bond donors (Lipinski definition) is 0. The van der Waals surface area contributed by atoms with Crippen LogP contribution in [0.5, 0.6) is 0 Å². The Morgan fingerprint density at radius 1 is 1.24 bits per heavy atom. The molecule has 0 N–H and O–H groups in total. The number of benzene rings is 1. The van der Waals surface area contributed by atoms with Crippen molar-refractivity contribution < 1.29 is 9.53 Å². The molecule has 0 radical (unpaired) electrons. The van der Waals surface area contributed by atoms with Crippen molar-refractivity contribution in [1.82, 2.24) is 0 Å². The van der Waals surface area contributed by atoms with E-state index in [0.29, 0.717) is 6.61 Å². The molecule has 2 nitrogen and oxygen atoms in total. The number of rotatable bonds is 7. The summed E-state index contributed by atoms with van der Waals surface area (Å²) in [4.78, 5) is 11.6. The van der Waals surface area contributed by atoms with Gasteiger partial charge in [-0.05, 0) is 48.5 Å². The molecule has 25 heavy (non-hydrogen) atoms. The molecule has 1 aromatic rings. The van der Waals surface area contributed by atoms with Crippen LogP contribution in [0.1, 0.15) is 37.8 Å². The third kappa shape index (κ3) is 5.83. The summed E-state index contributed by atoms with van der Waals surface area (Å²) >= 11 is 9.88. The van der Waals surface area contributed by atoms with Gasteiger partial charge in [-0.25, -0.2) is 4.79 Å². The predicted octanol–water partition coefficient (Wildman–Crippen LogP) is 5.90. The Kier molecular flexibility index (Phi) is 8.47. The molecule has 1 heterocycles. The second kappa shape index (κ2) is 10.3. The van der Waals surface area contributed by atoms with Gasteiger partial charge in [0.15, 0.2) is 0 Å². The van der Waals surface area contributed by atoms with Crippen LogP contribution in [-0.4, -0.2) is 24.1 Å². The van der Waals surface area contributed by atoms with E-state index in [1.807, 2.05) is 29.6 Å². The van der Waals surface area contributed by atoms with E-state index in [4.69, 9.17) is 16.3 Å². The van der Waals surface area contributed by atoms with E-state index in [2.05, 4.69) is 37.3 Å². The standard InChI is InChI=1S/C20H25ClO2S2/c1-3-7-16-9-11-17(12-10-16)20(24-14-6-15-25-20)13-5-8-18(21)19(22)23-4-2/h5,8-13H,3-4,6-7,14-15H2,1-2H3/b13-5+,18-8-. The van der Waals surface area contributed by atoms with Crippen molar-refractivity contribution >= 4 is 41.1 Å². The van der Waals surface area contributed by atoms with Crippen molar-refractivity contribution in [2.45, 2.75) is 37.2 Å². The molecule has 1 fully saturated rings. The van der Waals surface area contributed by atoms with Crippen molar-refractivity contribution in [1.29, 1.82) is 0 Å². The number of ether oxygens (including phenoxy) is 1. The minimum Gasteiger partial charge on any atom is -0.462 e. The lowest BCUT2D eigenvalue weighted by Gasteiger charge is -2.34. The first-order chi connectivity index (χ1) is 12.1. The monoisotopic (exact) mass is 396 g/mol. The highest BCUT2D eigenvalue weighted by molar-refractivity contribution is 8.18. The number of allylic oxidation sites excluding steroid dienone is 2. The lowest BCUT2D eigenvalue weighted by atomic mass is 10.1. The molecule has 0 atom stereocenters. The molecular formula is C20H25ClO2S2. The number of esters is 1. The first-order valence-electron chi connectivity index (χ1n) is 8.70. The Balaban J connectivity index is 2.21. The Bertz CT molecular complexity index is 617. The minimum atomic E-state index is -0.476. The lowest BCUT2D eigenvalue weighted by molar-refractivity contribution is -0.137. The lowest BCUT2D eigenvalue weighted by Crippen LogP contribution is -2.20. The highest BCUT2D eigenvalue weighted by Gasteiger charge is 2.32. The maximum atomic E-state index is 11.6. The van der Waals surface area contributed by atoms with E-state index in [0.717, 1.165) is 24.3 Å². The van der Waals surface area contributed by atoms with Gasteiger partial charge in [-0.1, -0.05) is 61.4 Å². The summed E-state index contributed by atoms with van der Waals surface area (Å²) in [6.07, 6.45) is 9.15. The predicted molar refractivity (Wildman–Crippen MR) is 111 cm³/mol. The van der Waals surface area contributed by atoms with Crippen LogP contribution in [0.25, 0.3) is 0 Å². The maximum Gasteiger partial charge on any atom is 0.349 e. The minimum absolute atomic E-state index is 0.109. The molecule has 1 aromatic carbocycles. The Labute approximate surface area is 164 Å². The van der Waals surface area contributed by atoms with Crippen LogP contribution in [0.15, 0.2) is 47.5 Å². The molecule has 2 rings (SSSR count). The van der Waals surface area contributed by atoms with Crippen LogP contribution in [0.3, 0.4) is 0 Å². The second-order valence-electron chi connectivity index (χ2n) is 5.76. The molecule has 0 saturated carbocycles. The summed E-state index contributed by atoms with van der Waals surface area (Å²) in [7, 11) is 0. The van der Waals surface area contributed by atoms with Crippen molar-refractivity contribution in [3.63, 3.8) is 0 Å². The third-order valence-electron chi connectivity index (χ3n) is 3.85. The zero-order chi connectivity index (χ0) is 18.1. The topological polar surface area (TPSA) is 26.3 Å². The van der Waals surface area contributed by atoms with Gasteiger partial charge < -0.3 is 4.74 Å². The molecule has 1 saturated heterocycles. The molecule has 5 heteroatoms. The SMILES string of the molecule is CCCc1ccc(C2(/C=C/C=C(\Cl)C(=O)OCC)SCCCS2)cc1. The first kappa shape index (κ1) is 20.5. The van der Waals surface area contributed by atoms with Gasteiger partial charge in [0.05, 0.1) is 6.61 Å². The van der Waals surface area contributed by atoms with Crippen molar-refractivity contribution in [3.8, 4) is 0 Å². The quantitative estimate of drug-likeness (QED) is 0.325. The Morgan fingerprint density at radius 3 is 2.52 bits per heavy atom. The van der Waals surface area contributed by atoms with Crippen LogP contribution < -0.4 is 0 Å². The Morgan fingerprint density at radius 2 is 1.92 bits per heavy atom. The smallest absolute Gasteiger partial charge is 0.349 e. The van der Waals surface area contributed by atoms with Gasteiger partial charge in [0.1, 0.15) is 9.11 Å². The van der Waals surface area contributed by atoms with Crippen LogP contribution >= 0.6 is 35.1 Å². The van der Waals surface area contributed by atoms with Crippen molar-refractivity contribution in [2.75, 3.05) is 18.1 Å². The summed E-state index contributed by atoms with van der Waals surface area (Å²) in [6.45, 7) is 4.29. The van der Waals surface area contributed by atoms with E-state index < -0.39 is 5.97 Å². The van der Waals surface area contributed by atoms with Gasteiger partial charge in [-0.3, -0.25) is 0 Å². The van der Waals surface area contributed by atoms with E-state index in [1.54, 1.807) is 13.0 Å². The molecule has 0 spiro atoms. The molecule has 0 aliphatic carbocycles. The normalized spacial score (nSPS) is 17.6. The summed E-state index contributed by atoms with van der Waals surface area (Å²) < 4.78 is 4.79. The molecule has 0 unspecified atom stereocenters. The van der Waals surface area contributed by atoms with E-state index in [9.17, 15) is 4.79 Å². The molecule has 0 amide bonds. The second-order valence-corrected chi connectivity index (χ2v) is 9.11. The summed E-state index contributed by atoms with van der Waals surface area (Å²) in [5.41, 5.74) is 2.67. The van der Waals surface area contributed by atoms with E-state index >= 15 is 0 Å². The number of hydrogen-bond acceptors (Lipinski definition) is 4. The first-order valence-corrected chi connectivity index (χ1v) is 11.1. The molecular weight excluding hydrogens is 372 g/mol. The largest absolute Gasteiger partial charge is 0.462 e. The van der Waals surface area contributed by atoms with Gasteiger partial charge in [0.2, 0.25) is 0 Å². The van der Waals surface area contributed by atoms with Crippen LogP contribution in [0.2, 0.25) is 0 Å². The number of halogens is 1. The molecule has 136 valence electrons.